The monoisotopic (exact) mass is 305 g/mol. The van der Waals surface area contributed by atoms with Crippen LogP contribution < -0.4 is 0 Å². The Morgan fingerprint density at radius 1 is 1.00 bits per heavy atom. The Morgan fingerprint density at radius 2 is 1.81 bits per heavy atom. The van der Waals surface area contributed by atoms with Crippen molar-refractivity contribution in [3.8, 4) is 0 Å². The molecule has 1 aromatic heterocycles. The number of hydrogen-bond donors (Lipinski definition) is 0. The van der Waals surface area contributed by atoms with Gasteiger partial charge in [0.1, 0.15) is 5.82 Å². The molecular weight excluding hydrogens is 286 g/mol. The molecule has 0 amide bonds. The zero-order valence-corrected chi connectivity index (χ0v) is 12.8. The summed E-state index contributed by atoms with van der Waals surface area (Å²) < 4.78 is 29.2. The SMILES string of the molecule is O=S(=O)(c1ccc2c(c1)nc1n2CCC1)N1CCCCC1. The first kappa shape index (κ1) is 13.3. The van der Waals surface area contributed by atoms with Crippen LogP contribution in [0.3, 0.4) is 0 Å². The van der Waals surface area contributed by atoms with E-state index in [0.29, 0.717) is 18.0 Å². The topological polar surface area (TPSA) is 55.2 Å². The third kappa shape index (κ3) is 2.08. The van der Waals surface area contributed by atoms with Crippen molar-refractivity contribution in [3.05, 3.63) is 24.0 Å². The average molecular weight is 305 g/mol. The second-order valence-corrected chi connectivity index (χ2v) is 7.84. The lowest BCUT2D eigenvalue weighted by molar-refractivity contribution is 0.346. The van der Waals surface area contributed by atoms with Crippen molar-refractivity contribution in [1.82, 2.24) is 13.9 Å². The molecule has 2 aliphatic rings. The van der Waals surface area contributed by atoms with Crippen molar-refractivity contribution in [2.45, 2.75) is 43.5 Å². The molecule has 21 heavy (non-hydrogen) atoms. The smallest absolute Gasteiger partial charge is 0.243 e. The first-order valence-electron chi connectivity index (χ1n) is 7.65. The average Bonchev–Trinajstić information content (AvgIpc) is 3.08. The summed E-state index contributed by atoms with van der Waals surface area (Å²) in [4.78, 5) is 4.98. The van der Waals surface area contributed by atoms with Crippen LogP contribution in [0.5, 0.6) is 0 Å². The minimum atomic E-state index is -3.36. The van der Waals surface area contributed by atoms with Crippen LogP contribution in [0.4, 0.5) is 0 Å². The summed E-state index contributed by atoms with van der Waals surface area (Å²) in [5.41, 5.74) is 1.86. The van der Waals surface area contributed by atoms with Gasteiger partial charge in [-0.05, 0) is 37.5 Å². The van der Waals surface area contributed by atoms with E-state index in [1.165, 1.54) is 0 Å². The summed E-state index contributed by atoms with van der Waals surface area (Å²) in [6.45, 7) is 2.27. The molecule has 0 radical (unpaired) electrons. The van der Waals surface area contributed by atoms with E-state index < -0.39 is 10.0 Å². The van der Waals surface area contributed by atoms with E-state index in [2.05, 4.69) is 9.55 Å². The Bertz CT molecular complexity index is 789. The van der Waals surface area contributed by atoms with Crippen LogP contribution in [0.15, 0.2) is 23.1 Å². The number of rotatable bonds is 2. The van der Waals surface area contributed by atoms with Gasteiger partial charge in [0.15, 0.2) is 0 Å². The first-order chi connectivity index (χ1) is 10.2. The molecule has 1 fully saturated rings. The molecule has 3 heterocycles. The fraction of sp³-hybridized carbons (Fsp3) is 0.533. The largest absolute Gasteiger partial charge is 0.328 e. The summed E-state index contributed by atoms with van der Waals surface area (Å²) >= 11 is 0. The second kappa shape index (κ2) is 4.81. The summed E-state index contributed by atoms with van der Waals surface area (Å²) in [7, 11) is -3.36. The van der Waals surface area contributed by atoms with E-state index in [9.17, 15) is 8.42 Å². The van der Waals surface area contributed by atoms with Crippen LogP contribution in [-0.2, 0) is 23.0 Å². The number of sulfonamides is 1. The summed E-state index contributed by atoms with van der Waals surface area (Å²) in [5.74, 6) is 1.08. The Balaban J connectivity index is 1.76. The summed E-state index contributed by atoms with van der Waals surface area (Å²) in [6.07, 6.45) is 5.16. The van der Waals surface area contributed by atoms with Crippen LogP contribution >= 0.6 is 0 Å². The van der Waals surface area contributed by atoms with Crippen LogP contribution in [0.2, 0.25) is 0 Å². The molecular formula is C15H19N3O2S. The Labute approximate surface area is 124 Å². The molecule has 0 atom stereocenters. The van der Waals surface area contributed by atoms with Crippen LogP contribution in [-0.4, -0.2) is 35.4 Å². The standard InChI is InChI=1S/C15H19N3O2S/c19-21(20,17-8-2-1-3-9-17)12-6-7-14-13(11-12)16-15-5-4-10-18(14)15/h6-7,11H,1-5,8-10H2. The molecule has 0 spiro atoms. The van der Waals surface area contributed by atoms with E-state index in [4.69, 9.17) is 0 Å². The van der Waals surface area contributed by atoms with Gasteiger partial charge in [-0.25, -0.2) is 13.4 Å². The van der Waals surface area contributed by atoms with Crippen molar-refractivity contribution < 1.29 is 8.42 Å². The zero-order valence-electron chi connectivity index (χ0n) is 12.0. The van der Waals surface area contributed by atoms with E-state index in [-0.39, 0.29) is 0 Å². The van der Waals surface area contributed by atoms with Gasteiger partial charge in [-0.1, -0.05) is 6.42 Å². The van der Waals surface area contributed by atoms with Gasteiger partial charge in [-0.3, -0.25) is 0 Å². The highest BCUT2D eigenvalue weighted by molar-refractivity contribution is 7.89. The predicted molar refractivity (Wildman–Crippen MR) is 80.7 cm³/mol. The number of piperidine rings is 1. The number of aryl methyl sites for hydroxylation is 2. The summed E-state index contributed by atoms with van der Waals surface area (Å²) in [5, 5.41) is 0. The van der Waals surface area contributed by atoms with E-state index in [1.807, 2.05) is 6.07 Å². The van der Waals surface area contributed by atoms with E-state index in [0.717, 1.165) is 55.5 Å². The highest BCUT2D eigenvalue weighted by Crippen LogP contribution is 2.27. The van der Waals surface area contributed by atoms with Crippen molar-refractivity contribution >= 4 is 21.1 Å². The number of aromatic nitrogens is 2. The molecule has 2 aromatic rings. The summed E-state index contributed by atoms with van der Waals surface area (Å²) in [6, 6.07) is 5.39. The molecule has 0 aliphatic carbocycles. The van der Waals surface area contributed by atoms with Gasteiger partial charge >= 0.3 is 0 Å². The minimum Gasteiger partial charge on any atom is -0.328 e. The maximum Gasteiger partial charge on any atom is 0.243 e. The Hall–Kier alpha value is -1.40. The van der Waals surface area contributed by atoms with Crippen molar-refractivity contribution in [3.63, 3.8) is 0 Å². The third-order valence-corrected chi connectivity index (χ3v) is 6.43. The van der Waals surface area contributed by atoms with E-state index >= 15 is 0 Å². The van der Waals surface area contributed by atoms with Crippen LogP contribution in [0.25, 0.3) is 11.0 Å². The molecule has 6 heteroatoms. The van der Waals surface area contributed by atoms with Gasteiger partial charge in [-0.2, -0.15) is 4.31 Å². The maximum absolute atomic E-state index is 12.7. The van der Waals surface area contributed by atoms with Crippen LogP contribution in [0, 0.1) is 0 Å². The van der Waals surface area contributed by atoms with Gasteiger partial charge in [0.2, 0.25) is 10.0 Å². The first-order valence-corrected chi connectivity index (χ1v) is 9.09. The quantitative estimate of drug-likeness (QED) is 0.854. The maximum atomic E-state index is 12.7. The molecule has 4 rings (SSSR count). The normalized spacial score (nSPS) is 20.0. The number of hydrogen-bond acceptors (Lipinski definition) is 3. The number of imidazole rings is 1. The molecule has 112 valence electrons. The number of fused-ring (bicyclic) bond motifs is 3. The molecule has 0 unspecified atom stereocenters. The van der Waals surface area contributed by atoms with Crippen LogP contribution in [0.1, 0.15) is 31.5 Å². The molecule has 0 bridgehead atoms. The van der Waals surface area contributed by atoms with Crippen molar-refractivity contribution in [2.24, 2.45) is 0 Å². The highest BCUT2D eigenvalue weighted by Gasteiger charge is 2.27. The van der Waals surface area contributed by atoms with Crippen molar-refractivity contribution in [2.75, 3.05) is 13.1 Å². The van der Waals surface area contributed by atoms with Gasteiger partial charge in [0, 0.05) is 26.1 Å². The van der Waals surface area contributed by atoms with Gasteiger partial charge in [0.25, 0.3) is 0 Å². The fourth-order valence-corrected chi connectivity index (χ4v) is 4.95. The molecule has 0 saturated carbocycles. The third-order valence-electron chi connectivity index (χ3n) is 4.53. The Kier molecular flexibility index (Phi) is 3.04. The fourth-order valence-electron chi connectivity index (χ4n) is 3.41. The molecule has 2 aliphatic heterocycles. The molecule has 1 aromatic carbocycles. The lowest BCUT2D eigenvalue weighted by Crippen LogP contribution is -2.35. The molecule has 0 N–H and O–H groups in total. The van der Waals surface area contributed by atoms with Gasteiger partial charge in [-0.15, -0.1) is 0 Å². The van der Waals surface area contributed by atoms with E-state index in [1.54, 1.807) is 16.4 Å². The molecule has 1 saturated heterocycles. The molecule has 5 nitrogen and oxygen atoms in total. The minimum absolute atomic E-state index is 0.383. The lowest BCUT2D eigenvalue weighted by atomic mass is 10.2. The second-order valence-electron chi connectivity index (χ2n) is 5.90. The zero-order chi connectivity index (χ0) is 14.4. The van der Waals surface area contributed by atoms with Gasteiger partial charge < -0.3 is 4.57 Å². The lowest BCUT2D eigenvalue weighted by Gasteiger charge is -2.25. The highest BCUT2D eigenvalue weighted by atomic mass is 32.2. The predicted octanol–water partition coefficient (Wildman–Crippen LogP) is 2.16. The number of nitrogens with zero attached hydrogens (tertiary/aromatic N) is 3. The Morgan fingerprint density at radius 3 is 2.62 bits per heavy atom. The van der Waals surface area contributed by atoms with Crippen molar-refractivity contribution in [1.29, 1.82) is 0 Å². The van der Waals surface area contributed by atoms with Gasteiger partial charge in [0.05, 0.1) is 15.9 Å². The number of benzene rings is 1.